The largest absolute Gasteiger partial charge is 0.468 e. The summed E-state index contributed by atoms with van der Waals surface area (Å²) >= 11 is 0. The zero-order valence-corrected chi connectivity index (χ0v) is 10.7. The highest BCUT2D eigenvalue weighted by molar-refractivity contribution is 4.98. The van der Waals surface area contributed by atoms with Gasteiger partial charge in [-0.2, -0.15) is 0 Å². The zero-order chi connectivity index (χ0) is 11.8. The molecule has 0 bridgehead atoms. The van der Waals surface area contributed by atoms with E-state index in [4.69, 9.17) is 4.42 Å². The molecular weight excluding hydrogens is 200 g/mol. The summed E-state index contributed by atoms with van der Waals surface area (Å²) in [6.45, 7) is 7.59. The second-order valence-electron chi connectivity index (χ2n) is 4.24. The molecule has 0 aromatic carbocycles. The first kappa shape index (κ1) is 13.3. The lowest BCUT2D eigenvalue weighted by Gasteiger charge is -2.26. The van der Waals surface area contributed by atoms with E-state index in [-0.39, 0.29) is 0 Å². The van der Waals surface area contributed by atoms with Crippen LogP contribution in [0.15, 0.2) is 22.8 Å². The number of furan rings is 1. The third-order valence-corrected chi connectivity index (χ3v) is 3.02. The van der Waals surface area contributed by atoms with Gasteiger partial charge in [0.05, 0.1) is 12.8 Å². The molecule has 3 heteroatoms. The van der Waals surface area contributed by atoms with E-state index in [1.165, 1.54) is 12.8 Å². The fourth-order valence-electron chi connectivity index (χ4n) is 1.94. The van der Waals surface area contributed by atoms with E-state index < -0.39 is 0 Å². The number of rotatable bonds is 8. The van der Waals surface area contributed by atoms with Crippen LogP contribution in [0.2, 0.25) is 0 Å². The molecule has 0 saturated heterocycles. The predicted octanol–water partition coefficient (Wildman–Crippen LogP) is 2.49. The number of nitrogens with zero attached hydrogens (tertiary/aromatic N) is 1. The van der Waals surface area contributed by atoms with Crippen molar-refractivity contribution >= 4 is 0 Å². The summed E-state index contributed by atoms with van der Waals surface area (Å²) in [5.74, 6) is 1.06. The van der Waals surface area contributed by atoms with Gasteiger partial charge in [0.2, 0.25) is 0 Å². The predicted molar refractivity (Wildman–Crippen MR) is 67.4 cm³/mol. The minimum absolute atomic E-state index is 0.614. The highest BCUT2D eigenvalue weighted by atomic mass is 16.3. The van der Waals surface area contributed by atoms with Crippen LogP contribution in [-0.2, 0) is 6.54 Å². The van der Waals surface area contributed by atoms with Gasteiger partial charge in [0.25, 0.3) is 0 Å². The van der Waals surface area contributed by atoms with E-state index in [0.29, 0.717) is 6.04 Å². The first-order valence-corrected chi connectivity index (χ1v) is 6.19. The molecular formula is C13H24N2O. The van der Waals surface area contributed by atoms with Crippen molar-refractivity contribution in [3.05, 3.63) is 24.2 Å². The maximum Gasteiger partial charge on any atom is 0.117 e. The molecule has 1 N–H and O–H groups in total. The van der Waals surface area contributed by atoms with E-state index in [9.17, 15) is 0 Å². The van der Waals surface area contributed by atoms with Crippen LogP contribution >= 0.6 is 0 Å². The average molecular weight is 224 g/mol. The first-order chi connectivity index (χ1) is 7.77. The second-order valence-corrected chi connectivity index (χ2v) is 4.24. The SMILES string of the molecule is CCN(Cc1ccco1)C(C)CCCNC. The molecule has 0 aliphatic carbocycles. The van der Waals surface area contributed by atoms with Gasteiger partial charge in [0, 0.05) is 6.04 Å². The number of hydrogen-bond donors (Lipinski definition) is 1. The van der Waals surface area contributed by atoms with E-state index in [1.807, 2.05) is 19.2 Å². The van der Waals surface area contributed by atoms with Crippen LogP contribution in [0.1, 0.15) is 32.4 Å². The molecule has 1 heterocycles. The standard InChI is InChI=1S/C13H24N2O/c1-4-15(11-13-8-6-10-16-13)12(2)7-5-9-14-3/h6,8,10,12,14H,4-5,7,9,11H2,1-3H3. The lowest BCUT2D eigenvalue weighted by molar-refractivity contribution is 0.184. The van der Waals surface area contributed by atoms with Crippen LogP contribution in [0.3, 0.4) is 0 Å². The van der Waals surface area contributed by atoms with Gasteiger partial charge in [-0.1, -0.05) is 6.92 Å². The maximum absolute atomic E-state index is 5.39. The van der Waals surface area contributed by atoms with E-state index in [2.05, 4.69) is 24.1 Å². The van der Waals surface area contributed by atoms with E-state index in [1.54, 1.807) is 6.26 Å². The van der Waals surface area contributed by atoms with Crippen LogP contribution in [0.4, 0.5) is 0 Å². The quantitative estimate of drug-likeness (QED) is 0.688. The summed E-state index contributed by atoms with van der Waals surface area (Å²) in [7, 11) is 2.01. The van der Waals surface area contributed by atoms with Gasteiger partial charge in [0.15, 0.2) is 0 Å². The number of nitrogens with one attached hydrogen (secondary N) is 1. The van der Waals surface area contributed by atoms with Gasteiger partial charge in [-0.15, -0.1) is 0 Å². The molecule has 16 heavy (non-hydrogen) atoms. The average Bonchev–Trinajstić information content (AvgIpc) is 2.78. The Morgan fingerprint density at radius 2 is 2.31 bits per heavy atom. The van der Waals surface area contributed by atoms with Crippen LogP contribution in [0.25, 0.3) is 0 Å². The Hall–Kier alpha value is -0.800. The van der Waals surface area contributed by atoms with Gasteiger partial charge < -0.3 is 9.73 Å². The lowest BCUT2D eigenvalue weighted by atomic mass is 10.1. The van der Waals surface area contributed by atoms with Gasteiger partial charge in [0.1, 0.15) is 5.76 Å². The summed E-state index contributed by atoms with van der Waals surface area (Å²) in [4.78, 5) is 2.45. The molecule has 1 aromatic rings. The Balaban J connectivity index is 2.34. The summed E-state index contributed by atoms with van der Waals surface area (Å²) in [6, 6.07) is 4.61. The van der Waals surface area contributed by atoms with E-state index >= 15 is 0 Å². The highest BCUT2D eigenvalue weighted by Gasteiger charge is 2.12. The minimum atomic E-state index is 0.614. The summed E-state index contributed by atoms with van der Waals surface area (Å²) < 4.78 is 5.39. The number of hydrogen-bond acceptors (Lipinski definition) is 3. The molecule has 0 aliphatic rings. The molecule has 1 unspecified atom stereocenters. The Morgan fingerprint density at radius 1 is 1.50 bits per heavy atom. The molecule has 1 rings (SSSR count). The molecule has 0 radical (unpaired) electrons. The molecule has 0 saturated carbocycles. The van der Waals surface area contributed by atoms with Crippen LogP contribution < -0.4 is 5.32 Å². The van der Waals surface area contributed by atoms with Crippen LogP contribution in [0, 0.1) is 0 Å². The third kappa shape index (κ3) is 4.37. The van der Waals surface area contributed by atoms with Crippen molar-refractivity contribution in [3.8, 4) is 0 Å². The van der Waals surface area contributed by atoms with Crippen molar-refractivity contribution in [3.63, 3.8) is 0 Å². The Bertz CT molecular complexity index is 259. The van der Waals surface area contributed by atoms with Crippen molar-refractivity contribution in [2.24, 2.45) is 0 Å². The normalized spacial score (nSPS) is 13.2. The lowest BCUT2D eigenvalue weighted by Crippen LogP contribution is -2.32. The molecule has 1 aromatic heterocycles. The van der Waals surface area contributed by atoms with Crippen molar-refractivity contribution < 1.29 is 4.42 Å². The van der Waals surface area contributed by atoms with Gasteiger partial charge in [-0.3, -0.25) is 4.90 Å². The first-order valence-electron chi connectivity index (χ1n) is 6.19. The highest BCUT2D eigenvalue weighted by Crippen LogP contribution is 2.11. The Kier molecular flexibility index (Phi) is 6.19. The van der Waals surface area contributed by atoms with Crippen molar-refractivity contribution in [1.29, 1.82) is 0 Å². The zero-order valence-electron chi connectivity index (χ0n) is 10.7. The smallest absolute Gasteiger partial charge is 0.117 e. The third-order valence-electron chi connectivity index (χ3n) is 3.02. The molecule has 0 fully saturated rings. The second kappa shape index (κ2) is 7.47. The molecule has 0 amide bonds. The fourth-order valence-corrected chi connectivity index (χ4v) is 1.94. The van der Waals surface area contributed by atoms with Crippen molar-refractivity contribution in [1.82, 2.24) is 10.2 Å². The van der Waals surface area contributed by atoms with Crippen LogP contribution in [-0.4, -0.2) is 31.1 Å². The molecule has 0 spiro atoms. The molecule has 0 aliphatic heterocycles. The fraction of sp³-hybridized carbons (Fsp3) is 0.692. The van der Waals surface area contributed by atoms with Crippen molar-refractivity contribution in [2.75, 3.05) is 20.1 Å². The summed E-state index contributed by atoms with van der Waals surface area (Å²) in [5.41, 5.74) is 0. The Morgan fingerprint density at radius 3 is 2.88 bits per heavy atom. The summed E-state index contributed by atoms with van der Waals surface area (Å²) in [5, 5.41) is 3.19. The minimum Gasteiger partial charge on any atom is -0.468 e. The monoisotopic (exact) mass is 224 g/mol. The molecule has 1 atom stereocenters. The van der Waals surface area contributed by atoms with Gasteiger partial charge in [-0.05, 0) is 52.0 Å². The van der Waals surface area contributed by atoms with Crippen LogP contribution in [0.5, 0.6) is 0 Å². The Labute approximate surface area is 98.8 Å². The van der Waals surface area contributed by atoms with Gasteiger partial charge >= 0.3 is 0 Å². The topological polar surface area (TPSA) is 28.4 Å². The van der Waals surface area contributed by atoms with Crippen molar-refractivity contribution in [2.45, 2.75) is 39.3 Å². The molecule has 3 nitrogen and oxygen atoms in total. The van der Waals surface area contributed by atoms with E-state index in [0.717, 1.165) is 25.4 Å². The maximum atomic E-state index is 5.39. The summed E-state index contributed by atoms with van der Waals surface area (Å²) in [6.07, 6.45) is 4.20. The van der Waals surface area contributed by atoms with Gasteiger partial charge in [-0.25, -0.2) is 0 Å². The molecule has 92 valence electrons.